The number of guanidine groups is 1. The normalized spacial score (nSPS) is 14.6. The lowest BCUT2D eigenvalue weighted by atomic mass is 10.0. The lowest BCUT2D eigenvalue weighted by Gasteiger charge is -2.20. The fourth-order valence-corrected chi connectivity index (χ4v) is 3.91. The summed E-state index contributed by atoms with van der Waals surface area (Å²) in [6.07, 6.45) is 6.47. The van der Waals surface area contributed by atoms with Crippen molar-refractivity contribution in [2.24, 2.45) is 4.99 Å². The Labute approximate surface area is 140 Å². The van der Waals surface area contributed by atoms with Crippen molar-refractivity contribution in [1.29, 1.82) is 0 Å². The molecule has 0 unspecified atom stereocenters. The first-order valence-electron chi connectivity index (χ1n) is 8.12. The standard InChI is InChI=1S/C16H23N5OS/c1-3-17-16(18-10-12-8-9-22-20-12)21(2)11-15-19-13-6-4-5-7-14(13)23-15/h8-9H,3-7,10-11H2,1-2H3,(H,17,18). The Morgan fingerprint density at radius 1 is 1.43 bits per heavy atom. The Morgan fingerprint density at radius 2 is 2.30 bits per heavy atom. The molecule has 0 fully saturated rings. The maximum atomic E-state index is 4.85. The third-order valence-electron chi connectivity index (χ3n) is 3.84. The highest BCUT2D eigenvalue weighted by molar-refractivity contribution is 7.11. The molecule has 0 saturated carbocycles. The number of aliphatic imine (C=N–C) groups is 1. The van der Waals surface area contributed by atoms with Crippen molar-refractivity contribution in [3.63, 3.8) is 0 Å². The van der Waals surface area contributed by atoms with E-state index in [0.717, 1.165) is 31.2 Å². The van der Waals surface area contributed by atoms with Gasteiger partial charge in [-0.05, 0) is 32.6 Å². The van der Waals surface area contributed by atoms with Crippen molar-refractivity contribution in [2.75, 3.05) is 13.6 Å². The summed E-state index contributed by atoms with van der Waals surface area (Å²) in [6.45, 7) is 4.19. The molecule has 2 aromatic heterocycles. The average molecular weight is 333 g/mol. The van der Waals surface area contributed by atoms with E-state index < -0.39 is 0 Å². The van der Waals surface area contributed by atoms with Gasteiger partial charge in [-0.1, -0.05) is 5.16 Å². The van der Waals surface area contributed by atoms with Gasteiger partial charge in [-0.2, -0.15) is 0 Å². The summed E-state index contributed by atoms with van der Waals surface area (Å²) < 4.78 is 4.85. The molecule has 6 nitrogen and oxygen atoms in total. The molecule has 0 bridgehead atoms. The quantitative estimate of drug-likeness (QED) is 0.673. The van der Waals surface area contributed by atoms with Crippen LogP contribution in [0.2, 0.25) is 0 Å². The second-order valence-corrected chi connectivity index (χ2v) is 6.87. The smallest absolute Gasteiger partial charge is 0.194 e. The predicted molar refractivity (Wildman–Crippen MR) is 91.5 cm³/mol. The Hall–Kier alpha value is -1.89. The van der Waals surface area contributed by atoms with Gasteiger partial charge in [0.2, 0.25) is 0 Å². The van der Waals surface area contributed by atoms with Gasteiger partial charge >= 0.3 is 0 Å². The van der Waals surface area contributed by atoms with Crippen LogP contribution in [-0.2, 0) is 25.9 Å². The van der Waals surface area contributed by atoms with Crippen molar-refractivity contribution >= 4 is 17.3 Å². The van der Waals surface area contributed by atoms with Crippen LogP contribution in [-0.4, -0.2) is 34.6 Å². The first kappa shape index (κ1) is 16.0. The van der Waals surface area contributed by atoms with Crippen LogP contribution in [0.3, 0.4) is 0 Å². The van der Waals surface area contributed by atoms with Crippen LogP contribution in [0, 0.1) is 0 Å². The molecule has 2 heterocycles. The van der Waals surface area contributed by atoms with Gasteiger partial charge in [0.05, 0.1) is 18.8 Å². The first-order valence-corrected chi connectivity index (χ1v) is 8.94. The largest absolute Gasteiger partial charge is 0.364 e. The van der Waals surface area contributed by atoms with Gasteiger partial charge in [-0.3, -0.25) is 0 Å². The molecular weight excluding hydrogens is 310 g/mol. The molecule has 0 aliphatic heterocycles. The maximum absolute atomic E-state index is 4.85. The predicted octanol–water partition coefficient (Wildman–Crippen LogP) is 2.61. The second-order valence-electron chi connectivity index (χ2n) is 5.70. The average Bonchev–Trinajstić information content (AvgIpc) is 3.19. The fourth-order valence-electron chi connectivity index (χ4n) is 2.70. The molecule has 1 aliphatic carbocycles. The number of fused-ring (bicyclic) bond motifs is 1. The number of thiazole rings is 1. The number of nitrogens with one attached hydrogen (secondary N) is 1. The summed E-state index contributed by atoms with van der Waals surface area (Å²) >= 11 is 1.85. The number of hydrogen-bond acceptors (Lipinski definition) is 5. The zero-order valence-electron chi connectivity index (χ0n) is 13.7. The Balaban J connectivity index is 1.66. The molecule has 23 heavy (non-hydrogen) atoms. The zero-order valence-corrected chi connectivity index (χ0v) is 14.5. The van der Waals surface area contributed by atoms with Gasteiger partial charge in [0.1, 0.15) is 17.0 Å². The zero-order chi connectivity index (χ0) is 16.1. The SMILES string of the molecule is CCNC(=NCc1ccon1)N(C)Cc1nc2c(s1)CCCC2. The van der Waals surface area contributed by atoms with Gasteiger partial charge in [-0.25, -0.2) is 9.98 Å². The monoisotopic (exact) mass is 333 g/mol. The van der Waals surface area contributed by atoms with Crippen molar-refractivity contribution in [3.05, 3.63) is 33.6 Å². The molecule has 0 amide bonds. The van der Waals surface area contributed by atoms with E-state index in [9.17, 15) is 0 Å². The summed E-state index contributed by atoms with van der Waals surface area (Å²) in [5, 5.41) is 8.39. The van der Waals surface area contributed by atoms with Gasteiger partial charge < -0.3 is 14.7 Å². The summed E-state index contributed by atoms with van der Waals surface area (Å²) in [6, 6.07) is 1.84. The van der Waals surface area contributed by atoms with E-state index >= 15 is 0 Å². The number of nitrogens with zero attached hydrogens (tertiary/aromatic N) is 4. The summed E-state index contributed by atoms with van der Waals surface area (Å²) in [4.78, 5) is 13.0. The van der Waals surface area contributed by atoms with Gasteiger partial charge in [-0.15, -0.1) is 11.3 Å². The molecule has 2 aromatic rings. The number of rotatable bonds is 5. The van der Waals surface area contributed by atoms with Gasteiger partial charge in [0, 0.05) is 24.5 Å². The highest BCUT2D eigenvalue weighted by Gasteiger charge is 2.16. The molecule has 1 N–H and O–H groups in total. The van der Waals surface area contributed by atoms with Crippen molar-refractivity contribution < 1.29 is 4.52 Å². The second kappa shape index (κ2) is 7.59. The number of aryl methyl sites for hydroxylation is 2. The van der Waals surface area contributed by atoms with E-state index in [4.69, 9.17) is 9.51 Å². The van der Waals surface area contributed by atoms with E-state index in [2.05, 4.69) is 27.3 Å². The highest BCUT2D eigenvalue weighted by atomic mass is 32.1. The molecule has 124 valence electrons. The van der Waals surface area contributed by atoms with E-state index in [-0.39, 0.29) is 0 Å². The lowest BCUT2D eigenvalue weighted by Crippen LogP contribution is -2.38. The lowest BCUT2D eigenvalue weighted by molar-refractivity contribution is 0.411. The minimum Gasteiger partial charge on any atom is -0.364 e. The maximum Gasteiger partial charge on any atom is 0.194 e. The Morgan fingerprint density at radius 3 is 3.04 bits per heavy atom. The Bertz CT molecular complexity index is 626. The molecular formula is C16H23N5OS. The van der Waals surface area contributed by atoms with Gasteiger partial charge in [0.25, 0.3) is 0 Å². The van der Waals surface area contributed by atoms with Crippen LogP contribution in [0.25, 0.3) is 0 Å². The molecule has 0 aromatic carbocycles. The van der Waals surface area contributed by atoms with E-state index in [0.29, 0.717) is 6.54 Å². The first-order chi connectivity index (χ1) is 11.3. The molecule has 0 saturated heterocycles. The van der Waals surface area contributed by atoms with Crippen LogP contribution in [0.15, 0.2) is 21.8 Å². The number of hydrogen-bond donors (Lipinski definition) is 1. The van der Waals surface area contributed by atoms with Crippen LogP contribution in [0.5, 0.6) is 0 Å². The molecule has 7 heteroatoms. The molecule has 3 rings (SSSR count). The topological polar surface area (TPSA) is 66.6 Å². The van der Waals surface area contributed by atoms with E-state index in [1.54, 1.807) is 6.26 Å². The third-order valence-corrected chi connectivity index (χ3v) is 4.98. The van der Waals surface area contributed by atoms with Crippen LogP contribution in [0.4, 0.5) is 0 Å². The van der Waals surface area contributed by atoms with E-state index in [1.165, 1.54) is 34.8 Å². The van der Waals surface area contributed by atoms with Crippen molar-refractivity contribution in [3.8, 4) is 0 Å². The minimum atomic E-state index is 0.511. The third kappa shape index (κ3) is 4.10. The minimum absolute atomic E-state index is 0.511. The van der Waals surface area contributed by atoms with E-state index in [1.807, 2.05) is 24.5 Å². The van der Waals surface area contributed by atoms with Crippen molar-refractivity contribution in [1.82, 2.24) is 20.4 Å². The highest BCUT2D eigenvalue weighted by Crippen LogP contribution is 2.27. The fraction of sp³-hybridized carbons (Fsp3) is 0.562. The van der Waals surface area contributed by atoms with Crippen molar-refractivity contribution in [2.45, 2.75) is 45.7 Å². The van der Waals surface area contributed by atoms with Crippen LogP contribution in [0.1, 0.15) is 41.0 Å². The number of aromatic nitrogens is 2. The molecule has 0 spiro atoms. The van der Waals surface area contributed by atoms with Gasteiger partial charge in [0.15, 0.2) is 5.96 Å². The molecule has 1 aliphatic rings. The molecule has 0 radical (unpaired) electrons. The molecule has 0 atom stereocenters. The van der Waals surface area contributed by atoms with Crippen LogP contribution < -0.4 is 5.32 Å². The summed E-state index contributed by atoms with van der Waals surface area (Å²) in [5.74, 6) is 0.865. The Kier molecular flexibility index (Phi) is 5.27. The summed E-state index contributed by atoms with van der Waals surface area (Å²) in [5.41, 5.74) is 2.15. The van der Waals surface area contributed by atoms with Crippen LogP contribution >= 0.6 is 11.3 Å². The summed E-state index contributed by atoms with van der Waals surface area (Å²) in [7, 11) is 2.05.